The third-order valence-electron chi connectivity index (χ3n) is 5.42. The number of hydrogen-bond acceptors (Lipinski definition) is 4. The first kappa shape index (κ1) is 18.9. The van der Waals surface area contributed by atoms with Crippen molar-refractivity contribution in [3.05, 3.63) is 106 Å². The lowest BCUT2D eigenvalue weighted by Crippen LogP contribution is -2.28. The number of hydrogen-bond donors (Lipinski definition) is 1. The number of halogens is 1. The molecule has 0 saturated heterocycles. The maximum Gasteiger partial charge on any atom is 0.222 e. The van der Waals surface area contributed by atoms with Gasteiger partial charge in [0.15, 0.2) is 0 Å². The molecule has 0 unspecified atom stereocenters. The van der Waals surface area contributed by atoms with E-state index in [0.29, 0.717) is 6.61 Å². The zero-order valence-corrected chi connectivity index (χ0v) is 17.9. The largest absolute Gasteiger partial charge is 0.489 e. The zero-order chi connectivity index (χ0) is 20.3. The molecule has 0 bridgehead atoms. The van der Waals surface area contributed by atoms with E-state index in [0.717, 1.165) is 28.2 Å². The predicted molar refractivity (Wildman–Crippen MR) is 120 cm³/mol. The highest BCUT2D eigenvalue weighted by atomic mass is 79.9. The number of nitrogens with zero attached hydrogens (tertiary/aromatic N) is 3. The van der Waals surface area contributed by atoms with E-state index in [2.05, 4.69) is 79.9 Å². The van der Waals surface area contributed by atoms with Gasteiger partial charge in [0, 0.05) is 4.47 Å². The molecule has 1 N–H and O–H groups in total. The van der Waals surface area contributed by atoms with Crippen molar-refractivity contribution in [2.45, 2.75) is 25.1 Å². The molecule has 0 radical (unpaired) electrons. The van der Waals surface area contributed by atoms with Crippen molar-refractivity contribution in [2.24, 2.45) is 0 Å². The van der Waals surface area contributed by atoms with E-state index in [9.17, 15) is 0 Å². The van der Waals surface area contributed by atoms with Crippen molar-refractivity contribution in [3.8, 4) is 5.75 Å². The quantitative estimate of drug-likeness (QED) is 0.410. The van der Waals surface area contributed by atoms with Crippen molar-refractivity contribution in [1.82, 2.24) is 14.8 Å². The summed E-state index contributed by atoms with van der Waals surface area (Å²) in [4.78, 5) is 4.41. The predicted octanol–water partition coefficient (Wildman–Crippen LogP) is 5.77. The van der Waals surface area contributed by atoms with Crippen LogP contribution in [0.5, 0.6) is 5.75 Å². The molecule has 4 aromatic rings. The summed E-state index contributed by atoms with van der Waals surface area (Å²) >= 11 is 3.51. The standard InChI is InChI=1S/C24H21BrN4O/c25-20-10-6-18(7-11-20)22-14-23(29-24(28-22)26-16-27-29)19-8-12-21(13-9-19)30-15-17-4-2-1-3-5-17/h1-13,16,22-23H,14-15H2,(H,26,27,28)/t22-,23-/m1/s1. The SMILES string of the molecule is Brc1ccc([C@H]2C[C@H](c3ccc(OCc4ccccc4)cc3)n3ncnc3N2)cc1. The molecule has 5 nitrogen and oxygen atoms in total. The summed E-state index contributed by atoms with van der Waals surface area (Å²) in [6, 6.07) is 27.2. The summed E-state index contributed by atoms with van der Waals surface area (Å²) in [6.07, 6.45) is 2.50. The zero-order valence-electron chi connectivity index (χ0n) is 16.3. The van der Waals surface area contributed by atoms with Gasteiger partial charge in [0.25, 0.3) is 0 Å². The van der Waals surface area contributed by atoms with Gasteiger partial charge in [-0.15, -0.1) is 0 Å². The molecule has 0 amide bonds. The molecule has 0 fully saturated rings. The van der Waals surface area contributed by atoms with Crippen LogP contribution in [0.25, 0.3) is 0 Å². The highest BCUT2D eigenvalue weighted by molar-refractivity contribution is 9.10. The molecule has 6 heteroatoms. The average molecular weight is 461 g/mol. The Balaban J connectivity index is 1.35. The van der Waals surface area contributed by atoms with Gasteiger partial charge in [-0.3, -0.25) is 0 Å². The highest BCUT2D eigenvalue weighted by Gasteiger charge is 2.29. The van der Waals surface area contributed by atoms with Gasteiger partial charge in [0.1, 0.15) is 18.7 Å². The number of aromatic nitrogens is 3. The third kappa shape index (κ3) is 3.96. The Hall–Kier alpha value is -3.12. The van der Waals surface area contributed by atoms with Crippen LogP contribution in [0.2, 0.25) is 0 Å². The molecule has 1 aliphatic heterocycles. The average Bonchev–Trinajstić information content (AvgIpc) is 3.27. The van der Waals surface area contributed by atoms with Crippen LogP contribution in [0, 0.1) is 0 Å². The summed E-state index contributed by atoms with van der Waals surface area (Å²) < 4.78 is 8.98. The normalized spacial score (nSPS) is 17.8. The van der Waals surface area contributed by atoms with Crippen molar-refractivity contribution >= 4 is 21.9 Å². The number of nitrogens with one attached hydrogen (secondary N) is 1. The lowest BCUT2D eigenvalue weighted by Gasteiger charge is -2.32. The second kappa shape index (κ2) is 8.32. The molecule has 5 rings (SSSR count). The highest BCUT2D eigenvalue weighted by Crippen LogP contribution is 2.37. The first-order valence-corrected chi connectivity index (χ1v) is 10.7. The molecule has 2 heterocycles. The number of benzene rings is 3. The summed E-state index contributed by atoms with van der Waals surface area (Å²) in [5, 5.41) is 7.97. The van der Waals surface area contributed by atoms with Gasteiger partial charge in [-0.2, -0.15) is 10.1 Å². The van der Waals surface area contributed by atoms with Crippen molar-refractivity contribution in [3.63, 3.8) is 0 Å². The molecule has 3 aromatic carbocycles. The van der Waals surface area contributed by atoms with Crippen LogP contribution in [0.15, 0.2) is 89.7 Å². The van der Waals surface area contributed by atoms with E-state index in [4.69, 9.17) is 4.74 Å². The molecule has 30 heavy (non-hydrogen) atoms. The van der Waals surface area contributed by atoms with Gasteiger partial charge in [-0.25, -0.2) is 4.68 Å². The van der Waals surface area contributed by atoms with Crippen molar-refractivity contribution in [1.29, 1.82) is 0 Å². The first-order chi connectivity index (χ1) is 14.8. The number of anilines is 1. The summed E-state index contributed by atoms with van der Waals surface area (Å²) in [5.74, 6) is 1.66. The Bertz CT molecular complexity index is 1110. The van der Waals surface area contributed by atoms with Crippen LogP contribution in [0.3, 0.4) is 0 Å². The smallest absolute Gasteiger partial charge is 0.222 e. The van der Waals surface area contributed by atoms with Crippen LogP contribution in [0.1, 0.15) is 35.2 Å². The molecule has 1 aliphatic rings. The second-order valence-corrected chi connectivity index (χ2v) is 8.29. The van der Waals surface area contributed by atoms with Gasteiger partial charge >= 0.3 is 0 Å². The topological polar surface area (TPSA) is 52.0 Å². The van der Waals surface area contributed by atoms with Crippen LogP contribution in [-0.4, -0.2) is 14.8 Å². The monoisotopic (exact) mass is 460 g/mol. The molecular formula is C24H21BrN4O. The van der Waals surface area contributed by atoms with E-state index < -0.39 is 0 Å². The molecule has 0 spiro atoms. The third-order valence-corrected chi connectivity index (χ3v) is 5.94. The fraction of sp³-hybridized carbons (Fsp3) is 0.167. The van der Waals surface area contributed by atoms with Crippen LogP contribution >= 0.6 is 15.9 Å². The Morgan fingerprint density at radius 2 is 1.67 bits per heavy atom. The summed E-state index contributed by atoms with van der Waals surface area (Å²) in [7, 11) is 0. The lowest BCUT2D eigenvalue weighted by molar-refractivity contribution is 0.306. The maximum atomic E-state index is 5.94. The van der Waals surface area contributed by atoms with Gasteiger partial charge < -0.3 is 10.1 Å². The molecule has 150 valence electrons. The minimum Gasteiger partial charge on any atom is -0.489 e. The Morgan fingerprint density at radius 3 is 2.43 bits per heavy atom. The van der Waals surface area contributed by atoms with E-state index in [1.165, 1.54) is 11.1 Å². The lowest BCUT2D eigenvalue weighted by atomic mass is 9.93. The van der Waals surface area contributed by atoms with Gasteiger partial charge in [0.05, 0.1) is 12.1 Å². The van der Waals surface area contributed by atoms with E-state index in [-0.39, 0.29) is 12.1 Å². The fourth-order valence-corrected chi connectivity index (χ4v) is 4.10. The molecule has 2 atom stereocenters. The van der Waals surface area contributed by atoms with E-state index in [1.54, 1.807) is 6.33 Å². The number of rotatable bonds is 5. The fourth-order valence-electron chi connectivity index (χ4n) is 3.84. The molecular weight excluding hydrogens is 440 g/mol. The van der Waals surface area contributed by atoms with Crippen molar-refractivity contribution in [2.75, 3.05) is 5.32 Å². The maximum absolute atomic E-state index is 5.94. The molecule has 0 aliphatic carbocycles. The number of fused-ring (bicyclic) bond motifs is 1. The van der Waals surface area contributed by atoms with Crippen LogP contribution in [-0.2, 0) is 6.61 Å². The summed E-state index contributed by atoms with van der Waals surface area (Å²) in [6.45, 7) is 0.562. The Kier molecular flexibility index (Phi) is 5.24. The van der Waals surface area contributed by atoms with Gasteiger partial charge in [0.2, 0.25) is 5.95 Å². The minimum absolute atomic E-state index is 0.112. The number of ether oxygens (including phenoxy) is 1. The summed E-state index contributed by atoms with van der Waals surface area (Å²) in [5.41, 5.74) is 3.59. The van der Waals surface area contributed by atoms with Crippen LogP contribution < -0.4 is 10.1 Å². The Morgan fingerprint density at radius 1 is 0.933 bits per heavy atom. The van der Waals surface area contributed by atoms with E-state index in [1.807, 2.05) is 35.0 Å². The second-order valence-electron chi connectivity index (χ2n) is 7.37. The molecule has 0 saturated carbocycles. The van der Waals surface area contributed by atoms with E-state index >= 15 is 0 Å². The Labute approximate surface area is 183 Å². The van der Waals surface area contributed by atoms with Gasteiger partial charge in [-0.1, -0.05) is 70.5 Å². The molecule has 1 aromatic heterocycles. The first-order valence-electron chi connectivity index (χ1n) is 9.94. The van der Waals surface area contributed by atoms with Crippen molar-refractivity contribution < 1.29 is 4.74 Å². The van der Waals surface area contributed by atoms with Crippen LogP contribution in [0.4, 0.5) is 5.95 Å². The van der Waals surface area contributed by atoms with Gasteiger partial charge in [-0.05, 0) is 47.4 Å². The minimum atomic E-state index is 0.112.